The number of carbonyl (C=O) groups is 2. The Morgan fingerprint density at radius 3 is 2.05 bits per heavy atom. The highest BCUT2D eigenvalue weighted by Crippen LogP contribution is 2.20. The molecular weight excluding hydrogens is 548 g/mol. The number of aliphatic hydroxyl groups excluding tert-OH is 1. The molecule has 2 amide bonds. The van der Waals surface area contributed by atoms with Crippen molar-refractivity contribution in [2.45, 2.75) is 72.1 Å². The Morgan fingerprint density at radius 1 is 0.837 bits per heavy atom. The van der Waals surface area contributed by atoms with E-state index >= 15 is 0 Å². The van der Waals surface area contributed by atoms with Gasteiger partial charge < -0.3 is 20.2 Å². The number of carbonyl (C=O) groups excluding carboxylic acids is 2. The smallest absolute Gasteiger partial charge is 0.253 e. The van der Waals surface area contributed by atoms with E-state index in [-0.39, 0.29) is 18.9 Å². The molecule has 0 heterocycles. The number of halogens is 2. The standard InChI is InChI=1S/C35H45F2N3O3/c1-6-12-40(13-7-2)35(43)29-15-24(4)14-28(20-29)34(42)39(5)32(19-27-17-30(36)21-31(37)18-27)33(41)23-38-22-26-11-9-10-25(8-3)16-26/h9-11,14-18,20-21,32-33,38,41H,6-8,12-13,19,22-23H2,1-5H3/t32-,33+/m0/s1. The Kier molecular flexibility index (Phi) is 12.8. The lowest BCUT2D eigenvalue weighted by atomic mass is 9.97. The Bertz CT molecular complexity index is 1350. The van der Waals surface area contributed by atoms with Gasteiger partial charge in [0.25, 0.3) is 11.8 Å². The number of benzene rings is 3. The van der Waals surface area contributed by atoms with Gasteiger partial charge in [-0.05, 0) is 85.2 Å². The van der Waals surface area contributed by atoms with Gasteiger partial charge in [-0.1, -0.05) is 45.0 Å². The third-order valence-electron chi connectivity index (χ3n) is 7.56. The Hall–Kier alpha value is -3.62. The molecule has 2 N–H and O–H groups in total. The lowest BCUT2D eigenvalue weighted by Crippen LogP contribution is -2.49. The normalized spacial score (nSPS) is 12.6. The zero-order chi connectivity index (χ0) is 31.5. The van der Waals surface area contributed by atoms with Crippen LogP contribution < -0.4 is 5.32 Å². The Morgan fingerprint density at radius 2 is 1.44 bits per heavy atom. The van der Waals surface area contributed by atoms with Crippen LogP contribution in [0.25, 0.3) is 0 Å². The van der Waals surface area contributed by atoms with Crippen molar-refractivity contribution in [2.24, 2.45) is 0 Å². The average Bonchev–Trinajstić information content (AvgIpc) is 2.98. The number of nitrogens with zero attached hydrogens (tertiary/aromatic N) is 2. The van der Waals surface area contributed by atoms with E-state index in [9.17, 15) is 23.5 Å². The number of aryl methyl sites for hydroxylation is 2. The summed E-state index contributed by atoms with van der Waals surface area (Å²) >= 11 is 0. The van der Waals surface area contributed by atoms with Gasteiger partial charge in [0.2, 0.25) is 0 Å². The number of rotatable bonds is 15. The number of hydrogen-bond donors (Lipinski definition) is 2. The maximum absolute atomic E-state index is 14.1. The number of likely N-dealkylation sites (N-methyl/N-ethyl adjacent to an activating group) is 1. The second-order valence-corrected chi connectivity index (χ2v) is 11.2. The molecule has 43 heavy (non-hydrogen) atoms. The van der Waals surface area contributed by atoms with Gasteiger partial charge in [0.1, 0.15) is 11.6 Å². The van der Waals surface area contributed by atoms with E-state index < -0.39 is 29.7 Å². The maximum atomic E-state index is 14.1. The topological polar surface area (TPSA) is 72.9 Å². The zero-order valence-electron chi connectivity index (χ0n) is 26.0. The van der Waals surface area contributed by atoms with Gasteiger partial charge in [0.05, 0.1) is 12.1 Å². The molecule has 0 fully saturated rings. The van der Waals surface area contributed by atoms with Crippen LogP contribution >= 0.6 is 0 Å². The van der Waals surface area contributed by atoms with Crippen LogP contribution in [-0.4, -0.2) is 65.5 Å². The number of hydrogen-bond acceptors (Lipinski definition) is 4. The quantitative estimate of drug-likeness (QED) is 0.229. The lowest BCUT2D eigenvalue weighted by molar-refractivity contribution is 0.0440. The van der Waals surface area contributed by atoms with Crippen molar-refractivity contribution in [2.75, 3.05) is 26.7 Å². The molecule has 3 aromatic rings. The average molecular weight is 594 g/mol. The van der Waals surface area contributed by atoms with E-state index in [1.165, 1.54) is 22.6 Å². The molecule has 0 saturated carbocycles. The van der Waals surface area contributed by atoms with E-state index in [1.807, 2.05) is 32.9 Å². The van der Waals surface area contributed by atoms with Crippen LogP contribution in [0.4, 0.5) is 8.78 Å². The molecule has 0 bridgehead atoms. The second-order valence-electron chi connectivity index (χ2n) is 11.2. The SMILES string of the molecule is CCCN(CCC)C(=O)c1cc(C)cc(C(=O)N(C)[C@@H](Cc2cc(F)cc(F)c2)[C@H](O)CNCc2cccc(CC)c2)c1. The van der Waals surface area contributed by atoms with E-state index in [2.05, 4.69) is 24.4 Å². The molecule has 0 saturated heterocycles. The first kappa shape index (κ1) is 33.9. The molecular formula is C35H45F2N3O3. The molecule has 0 unspecified atom stereocenters. The molecule has 0 aromatic heterocycles. The minimum absolute atomic E-state index is 0.0312. The second kappa shape index (κ2) is 16.3. The van der Waals surface area contributed by atoms with E-state index in [1.54, 1.807) is 30.1 Å². The van der Waals surface area contributed by atoms with Crippen LogP contribution in [0.5, 0.6) is 0 Å². The highest BCUT2D eigenvalue weighted by atomic mass is 19.1. The van der Waals surface area contributed by atoms with Crippen LogP contribution in [0.3, 0.4) is 0 Å². The summed E-state index contributed by atoms with van der Waals surface area (Å²) in [5.41, 5.74) is 4.10. The van der Waals surface area contributed by atoms with Crippen molar-refractivity contribution in [3.05, 3.63) is 106 Å². The fraction of sp³-hybridized carbons (Fsp3) is 0.429. The number of amides is 2. The summed E-state index contributed by atoms with van der Waals surface area (Å²) in [6, 6.07) is 15.6. The summed E-state index contributed by atoms with van der Waals surface area (Å²) in [7, 11) is 1.57. The first-order valence-corrected chi connectivity index (χ1v) is 15.2. The molecule has 0 spiro atoms. The molecule has 0 aliphatic carbocycles. The van der Waals surface area contributed by atoms with Crippen LogP contribution in [-0.2, 0) is 19.4 Å². The van der Waals surface area contributed by atoms with Crippen molar-refractivity contribution >= 4 is 11.8 Å². The van der Waals surface area contributed by atoms with Crippen molar-refractivity contribution in [1.29, 1.82) is 0 Å². The first-order chi connectivity index (χ1) is 20.6. The maximum Gasteiger partial charge on any atom is 0.253 e. The van der Waals surface area contributed by atoms with Crippen molar-refractivity contribution in [1.82, 2.24) is 15.1 Å². The van der Waals surface area contributed by atoms with Crippen molar-refractivity contribution in [3.8, 4) is 0 Å². The Balaban J connectivity index is 1.86. The first-order valence-electron chi connectivity index (χ1n) is 15.2. The number of nitrogens with one attached hydrogen (secondary N) is 1. The third-order valence-corrected chi connectivity index (χ3v) is 7.56. The fourth-order valence-electron chi connectivity index (χ4n) is 5.38. The van der Waals surface area contributed by atoms with Crippen LogP contribution in [0.1, 0.15) is 76.6 Å². The zero-order valence-corrected chi connectivity index (χ0v) is 26.0. The molecule has 2 atom stereocenters. The molecule has 0 aliphatic heterocycles. The largest absolute Gasteiger partial charge is 0.390 e. The van der Waals surface area contributed by atoms with Gasteiger partial charge in [-0.3, -0.25) is 9.59 Å². The summed E-state index contributed by atoms with van der Waals surface area (Å²) in [6.07, 6.45) is 1.54. The minimum Gasteiger partial charge on any atom is -0.390 e. The predicted molar refractivity (Wildman–Crippen MR) is 167 cm³/mol. The van der Waals surface area contributed by atoms with Gasteiger partial charge in [-0.15, -0.1) is 0 Å². The molecule has 6 nitrogen and oxygen atoms in total. The van der Waals surface area contributed by atoms with E-state index in [4.69, 9.17) is 0 Å². The van der Waals surface area contributed by atoms with Gasteiger partial charge in [-0.2, -0.15) is 0 Å². The summed E-state index contributed by atoms with van der Waals surface area (Å²) in [5.74, 6) is -1.98. The molecule has 0 radical (unpaired) electrons. The van der Waals surface area contributed by atoms with Crippen LogP contribution in [0.15, 0.2) is 60.7 Å². The summed E-state index contributed by atoms with van der Waals surface area (Å²) in [6.45, 7) is 9.86. The van der Waals surface area contributed by atoms with E-state index in [0.29, 0.717) is 36.3 Å². The molecule has 3 aromatic carbocycles. The van der Waals surface area contributed by atoms with Gasteiger partial charge in [0, 0.05) is 50.4 Å². The molecule has 0 aliphatic rings. The summed E-state index contributed by atoms with van der Waals surface area (Å²) in [4.78, 5) is 30.4. The van der Waals surface area contributed by atoms with Crippen molar-refractivity contribution < 1.29 is 23.5 Å². The van der Waals surface area contributed by atoms with Gasteiger partial charge >= 0.3 is 0 Å². The van der Waals surface area contributed by atoms with E-state index in [0.717, 1.165) is 36.5 Å². The monoisotopic (exact) mass is 593 g/mol. The minimum atomic E-state index is -1.05. The highest BCUT2D eigenvalue weighted by Gasteiger charge is 2.29. The third kappa shape index (κ3) is 9.70. The molecule has 232 valence electrons. The summed E-state index contributed by atoms with van der Waals surface area (Å²) < 4.78 is 28.1. The lowest BCUT2D eigenvalue weighted by Gasteiger charge is -2.33. The van der Waals surface area contributed by atoms with Gasteiger partial charge in [0.15, 0.2) is 0 Å². The summed E-state index contributed by atoms with van der Waals surface area (Å²) in [5, 5.41) is 14.6. The fourth-order valence-corrected chi connectivity index (χ4v) is 5.38. The molecule has 3 rings (SSSR count). The van der Waals surface area contributed by atoms with Crippen LogP contribution in [0.2, 0.25) is 0 Å². The molecule has 8 heteroatoms. The highest BCUT2D eigenvalue weighted by molar-refractivity contribution is 6.00. The van der Waals surface area contributed by atoms with Crippen molar-refractivity contribution in [3.63, 3.8) is 0 Å². The number of aliphatic hydroxyl groups is 1. The predicted octanol–water partition coefficient (Wildman–Crippen LogP) is 5.93. The van der Waals surface area contributed by atoms with Gasteiger partial charge in [-0.25, -0.2) is 8.78 Å². The van der Waals surface area contributed by atoms with Crippen LogP contribution in [0, 0.1) is 18.6 Å². The Labute approximate surface area is 254 Å².